The van der Waals surface area contributed by atoms with Gasteiger partial charge in [0.25, 0.3) is 0 Å². The van der Waals surface area contributed by atoms with Crippen LogP contribution in [0.4, 0.5) is 9.59 Å². The number of carbonyl (C=O) groups is 7. The second-order valence-corrected chi connectivity index (χ2v) is 12.4. The Morgan fingerprint density at radius 3 is 1.98 bits per heavy atom. The second-order valence-electron chi connectivity index (χ2n) is 11.8. The maximum atomic E-state index is 13.1. The maximum absolute atomic E-state index is 13.1. The molecule has 2 saturated heterocycles. The van der Waals surface area contributed by atoms with Crippen molar-refractivity contribution in [2.45, 2.75) is 101 Å². The van der Waals surface area contributed by atoms with Gasteiger partial charge in [-0.1, -0.05) is 0 Å². The zero-order valence-electron chi connectivity index (χ0n) is 25.7. The van der Waals surface area contributed by atoms with E-state index >= 15 is 0 Å². The number of Topliss-reactive ketones (excluding diaryl/α,β-unsaturated/α-hetero) is 1. The first-order valence-electron chi connectivity index (χ1n) is 15.2. The van der Waals surface area contributed by atoms with Gasteiger partial charge in [-0.05, 0) is 88.4 Å². The second kappa shape index (κ2) is 18.2. The summed E-state index contributed by atoms with van der Waals surface area (Å²) in [6.07, 6.45) is 3.17. The molecule has 0 bridgehead atoms. The molecule has 0 spiro atoms. The number of hydrogen-bond acceptors (Lipinski definition) is 9. The smallest absolute Gasteiger partial charge is 0.317 e. The fourth-order valence-electron chi connectivity index (χ4n) is 5.48. The van der Waals surface area contributed by atoms with Crippen LogP contribution in [0.1, 0.15) is 71.6 Å². The number of likely N-dealkylation sites (tertiary alicyclic amines) is 2. The zero-order valence-corrected chi connectivity index (χ0v) is 27.3. The molecule has 0 aromatic rings. The predicted octanol–water partition coefficient (Wildman–Crippen LogP) is 0.650. The van der Waals surface area contributed by atoms with Crippen LogP contribution in [-0.4, -0.2) is 118 Å². The molecule has 2 rings (SSSR count). The van der Waals surface area contributed by atoms with E-state index in [1.54, 1.807) is 13.8 Å². The van der Waals surface area contributed by atoms with Crippen LogP contribution in [0.2, 0.25) is 0 Å². The van der Waals surface area contributed by atoms with Crippen molar-refractivity contribution in [3.63, 3.8) is 0 Å². The third kappa shape index (κ3) is 12.0. The number of carboxylic acids is 1. The van der Waals surface area contributed by atoms with E-state index in [9.17, 15) is 33.6 Å². The number of nitrogens with two attached hydrogens (primary N) is 1. The Morgan fingerprint density at radius 2 is 1.42 bits per heavy atom. The number of carbonyl (C=O) groups excluding carboxylic acids is 6. The molecule has 2 heterocycles. The van der Waals surface area contributed by atoms with Gasteiger partial charge in [0.05, 0.1) is 11.6 Å². The number of nitrogens with zero attached hydrogens (tertiary/aromatic N) is 2. The van der Waals surface area contributed by atoms with E-state index in [0.29, 0.717) is 58.2 Å². The molecule has 0 aromatic heterocycles. The highest BCUT2D eigenvalue weighted by molar-refractivity contribution is 6.63. The molecule has 17 heteroatoms. The van der Waals surface area contributed by atoms with Crippen molar-refractivity contribution >= 4 is 63.4 Å². The largest absolute Gasteiger partial charge is 0.481 e. The fourth-order valence-corrected chi connectivity index (χ4v) is 5.89. The molecule has 0 saturated carbocycles. The Balaban J connectivity index is 1.90. The molecule has 254 valence electrons. The van der Waals surface area contributed by atoms with Gasteiger partial charge in [-0.2, -0.15) is 0 Å². The molecule has 45 heavy (non-hydrogen) atoms. The summed E-state index contributed by atoms with van der Waals surface area (Å²) in [5.74, 6) is -2.68. The number of aliphatic carboxylic acids is 1. The van der Waals surface area contributed by atoms with Crippen LogP contribution in [0.15, 0.2) is 0 Å². The minimum atomic E-state index is -1.08. The van der Waals surface area contributed by atoms with E-state index in [4.69, 9.17) is 34.0 Å². The van der Waals surface area contributed by atoms with E-state index in [0.717, 1.165) is 0 Å². The molecule has 7 N–H and O–H groups in total. The molecule has 2 fully saturated rings. The first-order chi connectivity index (χ1) is 21.2. The quantitative estimate of drug-likeness (QED) is 0.0675. The van der Waals surface area contributed by atoms with Crippen molar-refractivity contribution in [3.05, 3.63) is 0 Å². The average molecular weight is 679 g/mol. The molecular formula is C28H45Cl2N7O8. The molecule has 2 aliphatic heterocycles. The molecule has 0 radical (unpaired) electrons. The van der Waals surface area contributed by atoms with Gasteiger partial charge in [-0.3, -0.25) is 33.6 Å². The predicted molar refractivity (Wildman–Crippen MR) is 166 cm³/mol. The molecule has 0 aliphatic carbocycles. The van der Waals surface area contributed by atoms with Crippen molar-refractivity contribution in [2.75, 3.05) is 32.7 Å². The number of amides is 5. The molecule has 5 amide bonds. The first kappa shape index (κ1) is 38.2. The van der Waals surface area contributed by atoms with E-state index in [1.807, 2.05) is 0 Å². The molecule has 0 aromatic carbocycles. The van der Waals surface area contributed by atoms with Gasteiger partial charge >= 0.3 is 16.7 Å². The standard InChI is InChI=1S/C28H45Cl2N7O8/c1-28(2,22(40)17(31)10-11-21(38)39)34-14-13-33-23(41)18(35-25(43)20-9-6-16-37(20)27(30)45)7-3-4-12-32-24(42)19-8-5-15-36(19)26(29)44/h17-20,34H,3-16,31H2,1-2H3,(H,32,42)(H,33,41)(H,35,43)(H,38,39). The highest BCUT2D eigenvalue weighted by Gasteiger charge is 2.36. The third-order valence-electron chi connectivity index (χ3n) is 8.03. The number of hydrogen-bond donors (Lipinski definition) is 6. The number of halogens is 2. The van der Waals surface area contributed by atoms with Crippen molar-refractivity contribution in [1.82, 2.24) is 31.1 Å². The molecule has 4 atom stereocenters. The lowest BCUT2D eigenvalue weighted by Crippen LogP contribution is -2.56. The van der Waals surface area contributed by atoms with Crippen molar-refractivity contribution < 1.29 is 38.7 Å². The van der Waals surface area contributed by atoms with Crippen LogP contribution in [0.3, 0.4) is 0 Å². The van der Waals surface area contributed by atoms with Crippen LogP contribution >= 0.6 is 23.2 Å². The number of carboxylic acid groups (broad SMARTS) is 1. The highest BCUT2D eigenvalue weighted by Crippen LogP contribution is 2.20. The van der Waals surface area contributed by atoms with Crippen molar-refractivity contribution in [3.8, 4) is 0 Å². The Hall–Kier alpha value is -3.01. The lowest BCUT2D eigenvalue weighted by Gasteiger charge is -2.28. The zero-order chi connectivity index (χ0) is 33.7. The van der Waals surface area contributed by atoms with E-state index < -0.39 is 58.2 Å². The molecule has 4 unspecified atom stereocenters. The highest BCUT2D eigenvalue weighted by atomic mass is 35.5. The van der Waals surface area contributed by atoms with Gasteiger partial charge in [-0.25, -0.2) is 0 Å². The number of rotatable bonds is 18. The summed E-state index contributed by atoms with van der Waals surface area (Å²) >= 11 is 11.2. The van der Waals surface area contributed by atoms with Crippen LogP contribution in [-0.2, 0) is 24.0 Å². The van der Waals surface area contributed by atoms with Gasteiger partial charge in [0, 0.05) is 39.1 Å². The normalized spacial score (nSPS) is 19.5. The lowest BCUT2D eigenvalue weighted by atomic mass is 9.91. The fraction of sp³-hybridized carbons (Fsp3) is 0.750. The van der Waals surface area contributed by atoms with E-state index in [1.165, 1.54) is 9.80 Å². The Morgan fingerprint density at radius 1 is 0.844 bits per heavy atom. The summed E-state index contributed by atoms with van der Waals surface area (Å²) in [4.78, 5) is 88.0. The lowest BCUT2D eigenvalue weighted by molar-refractivity contribution is -0.137. The van der Waals surface area contributed by atoms with Gasteiger partial charge in [0.15, 0.2) is 5.78 Å². The molecule has 15 nitrogen and oxygen atoms in total. The van der Waals surface area contributed by atoms with Crippen molar-refractivity contribution in [2.24, 2.45) is 5.73 Å². The number of ketones is 1. The Kier molecular flexibility index (Phi) is 15.5. The minimum absolute atomic E-state index is 0.000922. The van der Waals surface area contributed by atoms with Gasteiger partial charge in [-0.15, -0.1) is 0 Å². The van der Waals surface area contributed by atoms with Crippen molar-refractivity contribution in [1.29, 1.82) is 0 Å². The van der Waals surface area contributed by atoms with E-state index in [2.05, 4.69) is 21.3 Å². The minimum Gasteiger partial charge on any atom is -0.481 e. The van der Waals surface area contributed by atoms with Crippen LogP contribution in [0.5, 0.6) is 0 Å². The van der Waals surface area contributed by atoms with Crippen LogP contribution < -0.4 is 27.0 Å². The summed E-state index contributed by atoms with van der Waals surface area (Å²) in [6, 6.07) is -3.31. The summed E-state index contributed by atoms with van der Waals surface area (Å²) in [5.41, 5.74) is 4.79. The topological polar surface area (TPSA) is 220 Å². The van der Waals surface area contributed by atoms with Crippen LogP contribution in [0, 0.1) is 0 Å². The molecular weight excluding hydrogens is 633 g/mol. The maximum Gasteiger partial charge on any atom is 0.317 e. The van der Waals surface area contributed by atoms with Gasteiger partial charge in [0.1, 0.15) is 18.1 Å². The SMILES string of the molecule is CC(C)(NCCNC(=O)C(CCCCNC(=O)C1CCCN1C(=O)Cl)NC(=O)C1CCCN1C(=O)Cl)C(=O)C(N)CCC(=O)O. The number of unbranched alkanes of at least 4 members (excludes halogenated alkanes) is 1. The first-order valence-corrected chi connectivity index (χ1v) is 16.0. The van der Waals surface area contributed by atoms with Gasteiger partial charge in [0.2, 0.25) is 17.7 Å². The van der Waals surface area contributed by atoms with Crippen LogP contribution in [0.25, 0.3) is 0 Å². The monoisotopic (exact) mass is 677 g/mol. The Bertz CT molecular complexity index is 1110. The number of nitrogens with one attached hydrogen (secondary N) is 4. The summed E-state index contributed by atoms with van der Waals surface area (Å²) in [7, 11) is 0. The summed E-state index contributed by atoms with van der Waals surface area (Å²) in [5, 5.41) is 18.7. The van der Waals surface area contributed by atoms with E-state index in [-0.39, 0.29) is 44.0 Å². The summed E-state index contributed by atoms with van der Waals surface area (Å²) in [6.45, 7) is 4.57. The average Bonchev–Trinajstić information content (AvgIpc) is 3.67. The van der Waals surface area contributed by atoms with Gasteiger partial charge < -0.3 is 41.9 Å². The third-order valence-corrected chi connectivity index (χ3v) is 8.46. The Labute approximate surface area is 272 Å². The molecule has 2 aliphatic rings. The summed E-state index contributed by atoms with van der Waals surface area (Å²) < 4.78 is 0.